The molecule has 2 aromatic rings. The number of hydrogen-bond donors (Lipinski definition) is 1. The number of hydrogen-bond acceptors (Lipinski definition) is 2. The van der Waals surface area contributed by atoms with E-state index in [-0.39, 0.29) is 5.56 Å². The molecule has 0 spiro atoms. The number of benzene rings is 2. The normalized spacial score (nSPS) is 10.2. The number of rotatable bonds is 3. The van der Waals surface area contributed by atoms with Gasteiger partial charge in [-0.25, -0.2) is 8.78 Å². The Morgan fingerprint density at radius 1 is 1.25 bits per heavy atom. The number of amides is 1. The fourth-order valence-corrected chi connectivity index (χ4v) is 1.81. The second-order valence-electron chi connectivity index (χ2n) is 3.90. The first-order valence-corrected chi connectivity index (χ1v) is 5.99. The van der Waals surface area contributed by atoms with E-state index in [1.165, 1.54) is 37.4 Å². The summed E-state index contributed by atoms with van der Waals surface area (Å²) >= 11 is 5.85. The summed E-state index contributed by atoms with van der Waals surface area (Å²) < 4.78 is 31.5. The van der Waals surface area contributed by atoms with Gasteiger partial charge in [-0.2, -0.15) is 0 Å². The summed E-state index contributed by atoms with van der Waals surface area (Å²) in [4.78, 5) is 11.9. The molecule has 104 valence electrons. The third-order valence-corrected chi connectivity index (χ3v) is 2.92. The van der Waals surface area contributed by atoms with E-state index in [0.29, 0.717) is 16.5 Å². The van der Waals surface area contributed by atoms with E-state index < -0.39 is 17.5 Å². The topological polar surface area (TPSA) is 38.3 Å². The highest BCUT2D eigenvalue weighted by atomic mass is 35.5. The summed E-state index contributed by atoms with van der Waals surface area (Å²) in [5.41, 5.74) is -0.0150. The van der Waals surface area contributed by atoms with Gasteiger partial charge >= 0.3 is 0 Å². The molecule has 1 N–H and O–H groups in total. The van der Waals surface area contributed by atoms with Crippen molar-refractivity contribution in [2.75, 3.05) is 12.4 Å². The molecule has 0 unspecified atom stereocenters. The maximum Gasteiger partial charge on any atom is 0.258 e. The Bertz CT molecular complexity index is 662. The molecule has 0 heterocycles. The number of methoxy groups -OCH3 is 1. The Morgan fingerprint density at radius 2 is 2.00 bits per heavy atom. The summed E-state index contributed by atoms with van der Waals surface area (Å²) in [6.45, 7) is 0. The van der Waals surface area contributed by atoms with Crippen LogP contribution in [-0.2, 0) is 0 Å². The molecule has 0 aromatic heterocycles. The van der Waals surface area contributed by atoms with Gasteiger partial charge in [0.1, 0.15) is 5.75 Å². The van der Waals surface area contributed by atoms with E-state index in [0.717, 1.165) is 6.07 Å². The first-order valence-electron chi connectivity index (χ1n) is 5.62. The fourth-order valence-electron chi connectivity index (χ4n) is 1.62. The Kier molecular flexibility index (Phi) is 4.20. The van der Waals surface area contributed by atoms with Crippen LogP contribution < -0.4 is 10.1 Å². The van der Waals surface area contributed by atoms with E-state index >= 15 is 0 Å². The van der Waals surface area contributed by atoms with Crippen LogP contribution in [0.5, 0.6) is 5.75 Å². The fraction of sp³-hybridized carbons (Fsp3) is 0.0714. The van der Waals surface area contributed by atoms with E-state index in [4.69, 9.17) is 16.3 Å². The minimum absolute atomic E-state index is 0.361. The SMILES string of the molecule is COc1cc(NC(=O)c2cccc(F)c2F)ccc1Cl. The highest BCUT2D eigenvalue weighted by Gasteiger charge is 2.15. The zero-order valence-corrected chi connectivity index (χ0v) is 11.2. The van der Waals surface area contributed by atoms with Crippen molar-refractivity contribution >= 4 is 23.2 Å². The molecule has 0 radical (unpaired) electrons. The molecule has 0 fully saturated rings. The van der Waals surface area contributed by atoms with Crippen LogP contribution in [0.1, 0.15) is 10.4 Å². The molecule has 20 heavy (non-hydrogen) atoms. The molecule has 0 saturated carbocycles. The van der Waals surface area contributed by atoms with Crippen LogP contribution in [0.25, 0.3) is 0 Å². The molecule has 2 aromatic carbocycles. The Labute approximate surface area is 119 Å². The third kappa shape index (κ3) is 2.88. The van der Waals surface area contributed by atoms with Crippen molar-refractivity contribution in [1.82, 2.24) is 0 Å². The number of halogens is 3. The van der Waals surface area contributed by atoms with Crippen molar-refractivity contribution in [2.45, 2.75) is 0 Å². The first-order chi connectivity index (χ1) is 9.52. The Hall–Kier alpha value is -2.14. The van der Waals surface area contributed by atoms with Crippen molar-refractivity contribution in [3.8, 4) is 5.75 Å². The van der Waals surface area contributed by atoms with Gasteiger partial charge in [0.25, 0.3) is 5.91 Å². The number of nitrogens with one attached hydrogen (secondary N) is 1. The monoisotopic (exact) mass is 297 g/mol. The third-order valence-electron chi connectivity index (χ3n) is 2.61. The number of carbonyl (C=O) groups excluding carboxylic acids is 1. The van der Waals surface area contributed by atoms with E-state index in [1.807, 2.05) is 0 Å². The van der Waals surface area contributed by atoms with Gasteiger partial charge in [0.05, 0.1) is 17.7 Å². The van der Waals surface area contributed by atoms with Gasteiger partial charge in [-0.15, -0.1) is 0 Å². The Balaban J connectivity index is 2.26. The smallest absolute Gasteiger partial charge is 0.258 e. The first kappa shape index (κ1) is 14.3. The molecule has 0 aliphatic rings. The van der Waals surface area contributed by atoms with Crippen molar-refractivity contribution < 1.29 is 18.3 Å². The zero-order chi connectivity index (χ0) is 14.7. The largest absolute Gasteiger partial charge is 0.495 e. The van der Waals surface area contributed by atoms with Crippen LogP contribution in [0.2, 0.25) is 5.02 Å². The minimum atomic E-state index is -1.19. The second kappa shape index (κ2) is 5.88. The maximum absolute atomic E-state index is 13.5. The molecule has 1 amide bonds. The molecule has 2 rings (SSSR count). The van der Waals surface area contributed by atoms with Crippen LogP contribution in [0.3, 0.4) is 0 Å². The second-order valence-corrected chi connectivity index (χ2v) is 4.31. The lowest BCUT2D eigenvalue weighted by molar-refractivity contribution is 0.102. The Morgan fingerprint density at radius 3 is 2.70 bits per heavy atom. The maximum atomic E-state index is 13.5. The highest BCUT2D eigenvalue weighted by molar-refractivity contribution is 6.32. The van der Waals surface area contributed by atoms with Gasteiger partial charge in [-0.3, -0.25) is 4.79 Å². The molecule has 0 bridgehead atoms. The average molecular weight is 298 g/mol. The number of carbonyl (C=O) groups is 1. The summed E-state index contributed by atoms with van der Waals surface area (Å²) in [5.74, 6) is -2.66. The van der Waals surface area contributed by atoms with E-state index in [2.05, 4.69) is 5.32 Å². The van der Waals surface area contributed by atoms with Crippen LogP contribution in [0, 0.1) is 11.6 Å². The van der Waals surface area contributed by atoms with Gasteiger partial charge in [-0.05, 0) is 24.3 Å². The highest BCUT2D eigenvalue weighted by Crippen LogP contribution is 2.27. The summed E-state index contributed by atoms with van der Waals surface area (Å²) in [5, 5.41) is 2.82. The van der Waals surface area contributed by atoms with Gasteiger partial charge in [-0.1, -0.05) is 17.7 Å². The molecule has 6 heteroatoms. The standard InChI is InChI=1S/C14H10ClF2NO2/c1-20-12-7-8(5-6-10(12)15)18-14(19)9-3-2-4-11(16)13(9)17/h2-7H,1H3,(H,18,19). The molecular formula is C14H10ClF2NO2. The summed E-state index contributed by atoms with van der Waals surface area (Å²) in [6, 6.07) is 7.93. The summed E-state index contributed by atoms with van der Waals surface area (Å²) in [6.07, 6.45) is 0. The van der Waals surface area contributed by atoms with E-state index in [9.17, 15) is 13.6 Å². The lowest BCUT2D eigenvalue weighted by Gasteiger charge is -2.09. The predicted octanol–water partition coefficient (Wildman–Crippen LogP) is 3.88. The van der Waals surface area contributed by atoms with Crippen LogP contribution in [0.15, 0.2) is 36.4 Å². The molecule has 3 nitrogen and oxygen atoms in total. The van der Waals surface area contributed by atoms with E-state index in [1.54, 1.807) is 0 Å². The quantitative estimate of drug-likeness (QED) is 0.933. The zero-order valence-electron chi connectivity index (χ0n) is 10.4. The van der Waals surface area contributed by atoms with Gasteiger partial charge < -0.3 is 10.1 Å². The molecule has 0 atom stereocenters. The number of ether oxygens (including phenoxy) is 1. The molecular weight excluding hydrogens is 288 g/mol. The number of anilines is 1. The van der Waals surface area contributed by atoms with Crippen LogP contribution in [-0.4, -0.2) is 13.0 Å². The minimum Gasteiger partial charge on any atom is -0.495 e. The van der Waals surface area contributed by atoms with Crippen molar-refractivity contribution in [1.29, 1.82) is 0 Å². The van der Waals surface area contributed by atoms with Crippen LogP contribution in [0.4, 0.5) is 14.5 Å². The molecule has 0 aliphatic carbocycles. The van der Waals surface area contributed by atoms with Crippen LogP contribution >= 0.6 is 11.6 Å². The lowest BCUT2D eigenvalue weighted by Crippen LogP contribution is -2.14. The predicted molar refractivity (Wildman–Crippen MR) is 72.3 cm³/mol. The van der Waals surface area contributed by atoms with Gasteiger partial charge in [0.15, 0.2) is 11.6 Å². The van der Waals surface area contributed by atoms with Gasteiger partial charge in [0, 0.05) is 11.8 Å². The summed E-state index contributed by atoms with van der Waals surface area (Å²) in [7, 11) is 1.43. The van der Waals surface area contributed by atoms with Crippen molar-refractivity contribution in [3.63, 3.8) is 0 Å². The van der Waals surface area contributed by atoms with Gasteiger partial charge in [0.2, 0.25) is 0 Å². The van der Waals surface area contributed by atoms with Crippen molar-refractivity contribution in [3.05, 3.63) is 58.6 Å². The lowest BCUT2D eigenvalue weighted by atomic mass is 10.2. The molecule has 0 saturated heterocycles. The molecule has 0 aliphatic heterocycles. The average Bonchev–Trinajstić information content (AvgIpc) is 2.43. The van der Waals surface area contributed by atoms with Crippen molar-refractivity contribution in [2.24, 2.45) is 0 Å².